The van der Waals surface area contributed by atoms with E-state index in [1.807, 2.05) is 12.1 Å². The Balaban J connectivity index is 1.55. The van der Waals surface area contributed by atoms with Crippen molar-refractivity contribution in [3.8, 4) is 5.75 Å². The number of carbonyl (C=O) groups is 1. The molecule has 23 heavy (non-hydrogen) atoms. The Labute approximate surface area is 138 Å². The maximum Gasteiger partial charge on any atom is 0.258 e. The van der Waals surface area contributed by atoms with Crippen molar-refractivity contribution in [3.05, 3.63) is 24.5 Å². The minimum atomic E-state index is -0.0576. The monoisotopic (exact) mass is 317 g/mol. The lowest BCUT2D eigenvalue weighted by Crippen LogP contribution is -2.57. The molecule has 1 saturated carbocycles. The minimum Gasteiger partial charge on any atom is -0.482 e. The van der Waals surface area contributed by atoms with Crippen LogP contribution in [0.4, 0.5) is 0 Å². The fourth-order valence-electron chi connectivity index (χ4n) is 3.83. The number of carbonyl (C=O) groups excluding carboxylic acids is 1. The van der Waals surface area contributed by atoms with Gasteiger partial charge in [-0.2, -0.15) is 0 Å². The minimum absolute atomic E-state index is 0.0186. The summed E-state index contributed by atoms with van der Waals surface area (Å²) in [6, 6.07) is 3.63. The number of pyridine rings is 1. The third-order valence-corrected chi connectivity index (χ3v) is 4.94. The largest absolute Gasteiger partial charge is 0.482 e. The summed E-state index contributed by atoms with van der Waals surface area (Å²) in [5.74, 6) is 0.620. The predicted octanol–water partition coefficient (Wildman–Crippen LogP) is 2.38. The van der Waals surface area contributed by atoms with Crippen LogP contribution in [0.2, 0.25) is 0 Å². The van der Waals surface area contributed by atoms with E-state index in [-0.39, 0.29) is 18.1 Å². The van der Waals surface area contributed by atoms with E-state index < -0.39 is 0 Å². The fourth-order valence-corrected chi connectivity index (χ4v) is 3.83. The van der Waals surface area contributed by atoms with Gasteiger partial charge in [0.2, 0.25) is 0 Å². The number of likely N-dealkylation sites (tertiary alicyclic amines) is 1. The van der Waals surface area contributed by atoms with Crippen molar-refractivity contribution in [1.82, 2.24) is 15.2 Å². The van der Waals surface area contributed by atoms with E-state index in [0.717, 1.165) is 19.4 Å². The average molecular weight is 317 g/mol. The summed E-state index contributed by atoms with van der Waals surface area (Å²) in [7, 11) is 0. The van der Waals surface area contributed by atoms with Crippen LogP contribution in [0.1, 0.15) is 44.9 Å². The van der Waals surface area contributed by atoms with Crippen LogP contribution in [-0.2, 0) is 4.79 Å². The number of aromatic nitrogens is 1. The SMILES string of the molecule is O=C(COc1cccnc1)NC1(CN2CCCC2)CCCCC1. The zero-order valence-corrected chi connectivity index (χ0v) is 13.8. The van der Waals surface area contributed by atoms with E-state index in [4.69, 9.17) is 4.74 Å². The molecule has 1 aliphatic heterocycles. The lowest BCUT2D eigenvalue weighted by atomic mass is 9.81. The van der Waals surface area contributed by atoms with E-state index >= 15 is 0 Å². The first kappa shape index (κ1) is 16.2. The number of hydrogen-bond acceptors (Lipinski definition) is 4. The Kier molecular flexibility index (Phi) is 5.49. The van der Waals surface area contributed by atoms with Gasteiger partial charge in [0.1, 0.15) is 5.75 Å². The number of nitrogens with zero attached hydrogens (tertiary/aromatic N) is 2. The molecule has 1 aromatic rings. The molecule has 1 aromatic heterocycles. The third-order valence-electron chi connectivity index (χ3n) is 4.94. The molecule has 0 radical (unpaired) electrons. The summed E-state index contributed by atoms with van der Waals surface area (Å²) in [6.45, 7) is 3.40. The van der Waals surface area contributed by atoms with Crippen LogP contribution in [0.15, 0.2) is 24.5 Å². The predicted molar refractivity (Wildman–Crippen MR) is 89.4 cm³/mol. The molecule has 1 N–H and O–H groups in total. The van der Waals surface area contributed by atoms with Crippen LogP contribution >= 0.6 is 0 Å². The lowest BCUT2D eigenvalue weighted by molar-refractivity contribution is -0.125. The second-order valence-electron chi connectivity index (χ2n) is 6.85. The molecule has 1 saturated heterocycles. The van der Waals surface area contributed by atoms with E-state index in [0.29, 0.717) is 5.75 Å². The summed E-state index contributed by atoms with van der Waals surface area (Å²) in [5.41, 5.74) is -0.0576. The summed E-state index contributed by atoms with van der Waals surface area (Å²) in [6.07, 6.45) is 11.8. The van der Waals surface area contributed by atoms with Crippen molar-refractivity contribution in [2.24, 2.45) is 0 Å². The summed E-state index contributed by atoms with van der Waals surface area (Å²) < 4.78 is 5.54. The van der Waals surface area contributed by atoms with Gasteiger partial charge >= 0.3 is 0 Å². The van der Waals surface area contributed by atoms with Crippen LogP contribution in [-0.4, -0.2) is 47.6 Å². The molecule has 126 valence electrons. The molecule has 0 spiro atoms. The van der Waals surface area contributed by atoms with Gasteiger partial charge in [0, 0.05) is 12.7 Å². The van der Waals surface area contributed by atoms with Gasteiger partial charge in [-0.25, -0.2) is 0 Å². The summed E-state index contributed by atoms with van der Waals surface area (Å²) >= 11 is 0. The molecule has 2 fully saturated rings. The van der Waals surface area contributed by atoms with Crippen molar-refractivity contribution in [1.29, 1.82) is 0 Å². The van der Waals surface area contributed by atoms with Crippen LogP contribution in [0.3, 0.4) is 0 Å². The Hall–Kier alpha value is -1.62. The summed E-state index contributed by atoms with van der Waals surface area (Å²) in [4.78, 5) is 18.9. The number of amides is 1. The van der Waals surface area contributed by atoms with Crippen molar-refractivity contribution in [2.45, 2.75) is 50.5 Å². The molecule has 2 aliphatic rings. The normalized spacial score (nSPS) is 21.0. The van der Waals surface area contributed by atoms with E-state index in [9.17, 15) is 4.79 Å². The molecule has 0 aromatic carbocycles. The van der Waals surface area contributed by atoms with Gasteiger partial charge in [0.25, 0.3) is 5.91 Å². The lowest BCUT2D eigenvalue weighted by Gasteiger charge is -2.41. The number of rotatable bonds is 6. The van der Waals surface area contributed by atoms with E-state index in [2.05, 4.69) is 15.2 Å². The molecule has 5 nitrogen and oxygen atoms in total. The fraction of sp³-hybridized carbons (Fsp3) is 0.667. The van der Waals surface area contributed by atoms with Gasteiger partial charge in [0.15, 0.2) is 6.61 Å². The smallest absolute Gasteiger partial charge is 0.258 e. The number of nitrogens with one attached hydrogen (secondary N) is 1. The van der Waals surface area contributed by atoms with Crippen molar-refractivity contribution >= 4 is 5.91 Å². The first-order valence-electron chi connectivity index (χ1n) is 8.82. The van der Waals surface area contributed by atoms with Crippen LogP contribution in [0.5, 0.6) is 5.75 Å². The molecular weight excluding hydrogens is 290 g/mol. The maximum absolute atomic E-state index is 12.4. The van der Waals surface area contributed by atoms with Gasteiger partial charge in [-0.15, -0.1) is 0 Å². The van der Waals surface area contributed by atoms with Gasteiger partial charge < -0.3 is 15.0 Å². The maximum atomic E-state index is 12.4. The van der Waals surface area contributed by atoms with Gasteiger partial charge in [-0.3, -0.25) is 9.78 Å². The Morgan fingerprint density at radius 3 is 2.70 bits per heavy atom. The molecule has 1 aliphatic carbocycles. The molecule has 0 bridgehead atoms. The van der Waals surface area contributed by atoms with Gasteiger partial charge in [-0.05, 0) is 50.9 Å². The Morgan fingerprint density at radius 1 is 1.22 bits per heavy atom. The average Bonchev–Trinajstić information content (AvgIpc) is 3.07. The topological polar surface area (TPSA) is 54.5 Å². The molecule has 2 heterocycles. The molecule has 5 heteroatoms. The van der Waals surface area contributed by atoms with E-state index in [1.54, 1.807) is 12.4 Å². The molecule has 3 rings (SSSR count). The van der Waals surface area contributed by atoms with Crippen molar-refractivity contribution in [3.63, 3.8) is 0 Å². The highest BCUT2D eigenvalue weighted by Gasteiger charge is 2.35. The Morgan fingerprint density at radius 2 is 2.00 bits per heavy atom. The second kappa shape index (κ2) is 7.77. The number of ether oxygens (including phenoxy) is 1. The van der Waals surface area contributed by atoms with Crippen molar-refractivity contribution in [2.75, 3.05) is 26.2 Å². The zero-order chi connectivity index (χ0) is 16.0. The second-order valence-corrected chi connectivity index (χ2v) is 6.85. The highest BCUT2D eigenvalue weighted by Crippen LogP contribution is 2.30. The highest BCUT2D eigenvalue weighted by molar-refractivity contribution is 5.78. The van der Waals surface area contributed by atoms with Crippen molar-refractivity contribution < 1.29 is 9.53 Å². The first-order chi connectivity index (χ1) is 11.3. The first-order valence-corrected chi connectivity index (χ1v) is 8.82. The molecular formula is C18H27N3O2. The Bertz CT molecular complexity index is 494. The van der Waals surface area contributed by atoms with Gasteiger partial charge in [-0.1, -0.05) is 19.3 Å². The van der Waals surface area contributed by atoms with Crippen LogP contribution < -0.4 is 10.1 Å². The van der Waals surface area contributed by atoms with Crippen LogP contribution in [0, 0.1) is 0 Å². The zero-order valence-electron chi connectivity index (χ0n) is 13.8. The number of hydrogen-bond donors (Lipinski definition) is 1. The summed E-state index contributed by atoms with van der Waals surface area (Å²) in [5, 5.41) is 3.30. The molecule has 1 amide bonds. The molecule has 0 unspecified atom stereocenters. The standard InChI is InChI=1S/C18H27N3O2/c22-17(14-23-16-7-6-10-19-13-16)20-18(8-2-1-3-9-18)15-21-11-4-5-12-21/h6-7,10,13H,1-5,8-9,11-12,14-15H2,(H,20,22). The quantitative estimate of drug-likeness (QED) is 0.875. The van der Waals surface area contributed by atoms with E-state index in [1.165, 1.54) is 45.2 Å². The molecule has 0 atom stereocenters. The van der Waals surface area contributed by atoms with Crippen LogP contribution in [0.25, 0.3) is 0 Å². The van der Waals surface area contributed by atoms with Gasteiger partial charge in [0.05, 0.1) is 11.7 Å². The highest BCUT2D eigenvalue weighted by atomic mass is 16.5. The third kappa shape index (κ3) is 4.67.